The van der Waals surface area contributed by atoms with Crippen LogP contribution in [0.25, 0.3) is 0 Å². The number of rotatable bonds is 9. The van der Waals surface area contributed by atoms with Gasteiger partial charge in [0.25, 0.3) is 0 Å². The van der Waals surface area contributed by atoms with E-state index in [4.69, 9.17) is 14.2 Å². The van der Waals surface area contributed by atoms with Crippen LogP contribution >= 0.6 is 0 Å². The first-order valence-corrected chi connectivity index (χ1v) is 8.33. The van der Waals surface area contributed by atoms with Gasteiger partial charge in [-0.25, -0.2) is 0 Å². The highest BCUT2D eigenvalue weighted by molar-refractivity contribution is 5.76. The quantitative estimate of drug-likeness (QED) is 0.705. The topological polar surface area (TPSA) is 56.8 Å². The van der Waals surface area contributed by atoms with Crippen LogP contribution in [0.15, 0.2) is 48.5 Å². The molecule has 0 saturated heterocycles. The van der Waals surface area contributed by atoms with Gasteiger partial charge in [-0.05, 0) is 43.7 Å². The monoisotopic (exact) mass is 343 g/mol. The van der Waals surface area contributed by atoms with E-state index in [9.17, 15) is 4.79 Å². The second kappa shape index (κ2) is 9.57. The molecule has 0 spiro atoms. The van der Waals surface area contributed by atoms with Gasteiger partial charge in [-0.3, -0.25) is 4.79 Å². The maximum absolute atomic E-state index is 12.1. The Balaban J connectivity index is 1.73. The molecule has 0 bridgehead atoms. The molecule has 2 aromatic carbocycles. The normalized spacial score (nSPS) is 11.5. The zero-order valence-corrected chi connectivity index (χ0v) is 15.0. The molecule has 0 radical (unpaired) electrons. The number of nitrogens with one attached hydrogen (secondary N) is 1. The molecule has 0 saturated carbocycles. The van der Waals surface area contributed by atoms with Crippen LogP contribution in [-0.4, -0.2) is 26.7 Å². The third-order valence-electron chi connectivity index (χ3n) is 3.86. The summed E-state index contributed by atoms with van der Waals surface area (Å²) in [5.74, 6) is 2.33. The number of carbonyl (C=O) groups is 1. The molecule has 1 atom stereocenters. The predicted molar refractivity (Wildman–Crippen MR) is 97.3 cm³/mol. The summed E-state index contributed by atoms with van der Waals surface area (Å²) in [5.41, 5.74) is 0.966. The largest absolute Gasteiger partial charge is 0.497 e. The molecule has 0 fully saturated rings. The van der Waals surface area contributed by atoms with E-state index in [0.717, 1.165) is 22.8 Å². The molecule has 25 heavy (non-hydrogen) atoms. The van der Waals surface area contributed by atoms with Gasteiger partial charge in [-0.15, -0.1) is 0 Å². The average Bonchev–Trinajstić information content (AvgIpc) is 2.65. The first-order chi connectivity index (χ1) is 12.1. The number of methoxy groups -OCH3 is 2. The van der Waals surface area contributed by atoms with Crippen molar-refractivity contribution in [3.8, 4) is 17.2 Å². The Hall–Kier alpha value is -2.69. The van der Waals surface area contributed by atoms with E-state index in [1.807, 2.05) is 55.5 Å². The van der Waals surface area contributed by atoms with Crippen LogP contribution in [0.3, 0.4) is 0 Å². The van der Waals surface area contributed by atoms with Crippen LogP contribution < -0.4 is 19.5 Å². The molecule has 1 N–H and O–H groups in total. The zero-order chi connectivity index (χ0) is 18.1. The molecular formula is C20H25NO4. The van der Waals surface area contributed by atoms with Crippen LogP contribution in [0.1, 0.15) is 31.4 Å². The molecule has 0 unspecified atom stereocenters. The third-order valence-corrected chi connectivity index (χ3v) is 3.86. The lowest BCUT2D eigenvalue weighted by Crippen LogP contribution is -2.27. The van der Waals surface area contributed by atoms with E-state index in [2.05, 4.69) is 5.32 Å². The Bertz CT molecular complexity index is 670. The Morgan fingerprint density at radius 2 is 1.68 bits per heavy atom. The molecule has 0 aliphatic carbocycles. The van der Waals surface area contributed by atoms with Crippen LogP contribution in [0.2, 0.25) is 0 Å². The van der Waals surface area contributed by atoms with E-state index in [1.54, 1.807) is 14.2 Å². The Kier molecular flexibility index (Phi) is 7.14. The summed E-state index contributed by atoms with van der Waals surface area (Å²) >= 11 is 0. The molecule has 2 rings (SSSR count). The minimum atomic E-state index is -0.105. The first-order valence-electron chi connectivity index (χ1n) is 8.33. The highest BCUT2D eigenvalue weighted by atomic mass is 16.5. The molecule has 5 nitrogen and oxygen atoms in total. The third kappa shape index (κ3) is 5.71. The van der Waals surface area contributed by atoms with Crippen LogP contribution in [0, 0.1) is 0 Å². The lowest BCUT2D eigenvalue weighted by molar-refractivity contribution is -0.121. The molecule has 1 amide bonds. The molecular weight excluding hydrogens is 318 g/mol. The zero-order valence-electron chi connectivity index (χ0n) is 15.0. The fourth-order valence-electron chi connectivity index (χ4n) is 2.51. The molecule has 0 aliphatic heterocycles. The SMILES string of the molecule is COc1ccc(OCCCC(=O)N[C@@H](C)c2ccccc2OC)cc1. The molecule has 0 heterocycles. The van der Waals surface area contributed by atoms with Crippen molar-refractivity contribution in [1.82, 2.24) is 5.32 Å². The van der Waals surface area contributed by atoms with Gasteiger partial charge in [-0.1, -0.05) is 18.2 Å². The standard InChI is InChI=1S/C20H25NO4/c1-15(18-7-4-5-8-19(18)24-3)21-20(22)9-6-14-25-17-12-10-16(23-2)11-13-17/h4-5,7-8,10-13,15H,6,9,14H2,1-3H3,(H,21,22)/t15-/m0/s1. The summed E-state index contributed by atoms with van der Waals surface area (Å²) in [7, 11) is 3.25. The summed E-state index contributed by atoms with van der Waals surface area (Å²) in [4.78, 5) is 12.1. The number of ether oxygens (including phenoxy) is 3. The van der Waals surface area contributed by atoms with Gasteiger partial charge in [0.1, 0.15) is 17.2 Å². The van der Waals surface area contributed by atoms with Crippen molar-refractivity contribution in [2.75, 3.05) is 20.8 Å². The average molecular weight is 343 g/mol. The Labute approximate surface area is 148 Å². The predicted octanol–water partition coefficient (Wildman–Crippen LogP) is 3.74. The second-order valence-electron chi connectivity index (χ2n) is 5.66. The summed E-state index contributed by atoms with van der Waals surface area (Å²) in [6.45, 7) is 2.44. The summed E-state index contributed by atoms with van der Waals surface area (Å²) in [6, 6.07) is 15.0. The van der Waals surface area contributed by atoms with E-state index in [-0.39, 0.29) is 11.9 Å². The highest BCUT2D eigenvalue weighted by Gasteiger charge is 2.13. The van der Waals surface area contributed by atoms with E-state index in [0.29, 0.717) is 19.4 Å². The minimum Gasteiger partial charge on any atom is -0.497 e. The van der Waals surface area contributed by atoms with Crippen LogP contribution in [0.4, 0.5) is 0 Å². The van der Waals surface area contributed by atoms with Crippen molar-refractivity contribution < 1.29 is 19.0 Å². The molecule has 0 aliphatic rings. The van der Waals surface area contributed by atoms with Crippen molar-refractivity contribution in [1.29, 1.82) is 0 Å². The lowest BCUT2D eigenvalue weighted by Gasteiger charge is -2.17. The van der Waals surface area contributed by atoms with E-state index in [1.165, 1.54) is 0 Å². The van der Waals surface area contributed by atoms with Gasteiger partial charge in [0.15, 0.2) is 0 Å². The van der Waals surface area contributed by atoms with Crippen molar-refractivity contribution in [2.45, 2.75) is 25.8 Å². The Morgan fingerprint density at radius 3 is 2.36 bits per heavy atom. The van der Waals surface area contributed by atoms with Gasteiger partial charge >= 0.3 is 0 Å². The fourth-order valence-corrected chi connectivity index (χ4v) is 2.51. The minimum absolute atomic E-state index is 0.00302. The highest BCUT2D eigenvalue weighted by Crippen LogP contribution is 2.24. The smallest absolute Gasteiger partial charge is 0.220 e. The first kappa shape index (κ1) is 18.6. The van der Waals surface area contributed by atoms with Crippen LogP contribution in [-0.2, 0) is 4.79 Å². The lowest BCUT2D eigenvalue weighted by atomic mass is 10.1. The van der Waals surface area contributed by atoms with Gasteiger partial charge in [0.2, 0.25) is 5.91 Å². The Morgan fingerprint density at radius 1 is 1.00 bits per heavy atom. The molecule has 134 valence electrons. The maximum Gasteiger partial charge on any atom is 0.220 e. The second-order valence-corrected chi connectivity index (χ2v) is 5.66. The summed E-state index contributed by atoms with van der Waals surface area (Å²) in [6.07, 6.45) is 1.06. The number of benzene rings is 2. The van der Waals surface area contributed by atoms with Crippen molar-refractivity contribution >= 4 is 5.91 Å². The molecule has 0 aromatic heterocycles. The fraction of sp³-hybridized carbons (Fsp3) is 0.350. The maximum atomic E-state index is 12.1. The number of hydrogen-bond donors (Lipinski definition) is 1. The van der Waals surface area contributed by atoms with Gasteiger partial charge in [-0.2, -0.15) is 0 Å². The summed E-state index contributed by atoms with van der Waals surface area (Å²) in [5, 5.41) is 2.99. The molecule has 5 heteroatoms. The van der Waals surface area contributed by atoms with Gasteiger partial charge < -0.3 is 19.5 Å². The van der Waals surface area contributed by atoms with Crippen molar-refractivity contribution in [3.63, 3.8) is 0 Å². The number of carbonyl (C=O) groups excluding carboxylic acids is 1. The van der Waals surface area contributed by atoms with Crippen LogP contribution in [0.5, 0.6) is 17.2 Å². The number of amides is 1. The van der Waals surface area contributed by atoms with E-state index < -0.39 is 0 Å². The number of para-hydroxylation sites is 1. The van der Waals surface area contributed by atoms with Crippen molar-refractivity contribution in [2.24, 2.45) is 0 Å². The van der Waals surface area contributed by atoms with Gasteiger partial charge in [0.05, 0.1) is 26.9 Å². The van der Waals surface area contributed by atoms with E-state index >= 15 is 0 Å². The van der Waals surface area contributed by atoms with Gasteiger partial charge in [0, 0.05) is 12.0 Å². The summed E-state index contributed by atoms with van der Waals surface area (Å²) < 4.78 is 16.1. The van der Waals surface area contributed by atoms with Crippen molar-refractivity contribution in [3.05, 3.63) is 54.1 Å². The molecule has 2 aromatic rings. The number of hydrogen-bond acceptors (Lipinski definition) is 4.